The van der Waals surface area contributed by atoms with E-state index in [1.54, 1.807) is 0 Å². The van der Waals surface area contributed by atoms with Crippen LogP contribution < -0.4 is 4.90 Å². The Labute approximate surface area is 128 Å². The number of benzene rings is 1. The third kappa shape index (κ3) is 2.78. The molecule has 1 fully saturated rings. The highest BCUT2D eigenvalue weighted by molar-refractivity contribution is 7.17. The minimum absolute atomic E-state index is 0.345. The summed E-state index contributed by atoms with van der Waals surface area (Å²) in [6, 6.07) is 8.20. The van der Waals surface area contributed by atoms with Crippen molar-refractivity contribution in [1.29, 1.82) is 0 Å². The summed E-state index contributed by atoms with van der Waals surface area (Å²) >= 11 is 1.28. The number of hydrogen-bond donors (Lipinski definition) is 1. The van der Waals surface area contributed by atoms with Gasteiger partial charge in [0, 0.05) is 18.2 Å². The lowest BCUT2D eigenvalue weighted by Gasteiger charge is -2.20. The Kier molecular flexibility index (Phi) is 3.68. The summed E-state index contributed by atoms with van der Waals surface area (Å²) in [5.74, 6) is -0.515. The lowest BCUT2D eigenvalue weighted by molar-refractivity contribution is 0.0700. The van der Waals surface area contributed by atoms with Crippen molar-refractivity contribution < 1.29 is 9.90 Å². The van der Waals surface area contributed by atoms with Gasteiger partial charge in [-0.1, -0.05) is 23.5 Å². The van der Waals surface area contributed by atoms with Crippen LogP contribution in [-0.2, 0) is 0 Å². The number of aryl methyl sites for hydroxylation is 1. The Morgan fingerprint density at radius 1 is 1.48 bits per heavy atom. The van der Waals surface area contributed by atoms with Gasteiger partial charge in [0.15, 0.2) is 5.13 Å². The molecule has 0 unspecified atom stereocenters. The number of aromatic nitrogens is 1. The van der Waals surface area contributed by atoms with Gasteiger partial charge in [-0.05, 0) is 44.4 Å². The molecular formula is C16H18N2O2S. The van der Waals surface area contributed by atoms with Gasteiger partial charge in [-0.3, -0.25) is 0 Å². The van der Waals surface area contributed by atoms with E-state index < -0.39 is 5.97 Å². The highest BCUT2D eigenvalue weighted by atomic mass is 32.1. The summed E-state index contributed by atoms with van der Waals surface area (Å²) in [4.78, 5) is 18.5. The largest absolute Gasteiger partial charge is 0.477 e. The molecule has 1 aromatic carbocycles. The van der Waals surface area contributed by atoms with Gasteiger partial charge in [-0.25, -0.2) is 9.78 Å². The molecule has 1 aliphatic carbocycles. The monoisotopic (exact) mass is 302 g/mol. The summed E-state index contributed by atoms with van der Waals surface area (Å²) in [6.45, 7) is 4.87. The Morgan fingerprint density at radius 3 is 2.81 bits per heavy atom. The second kappa shape index (κ2) is 5.48. The molecule has 0 amide bonds. The third-order valence-corrected chi connectivity index (χ3v) is 4.74. The zero-order valence-electron chi connectivity index (χ0n) is 12.2. The van der Waals surface area contributed by atoms with E-state index in [4.69, 9.17) is 0 Å². The lowest BCUT2D eigenvalue weighted by atomic mass is 10.2. The molecule has 0 atom stereocenters. The first-order valence-corrected chi connectivity index (χ1v) is 8.00. The van der Waals surface area contributed by atoms with Gasteiger partial charge >= 0.3 is 5.97 Å². The molecule has 2 aromatic rings. The van der Waals surface area contributed by atoms with Crippen LogP contribution in [0.2, 0.25) is 0 Å². The quantitative estimate of drug-likeness (QED) is 0.900. The van der Waals surface area contributed by atoms with E-state index in [0.29, 0.717) is 10.8 Å². The SMILES string of the molecule is CCN(c1cccc(C)c1)c1nc(C2CC2)c(C(=O)O)s1. The van der Waals surface area contributed by atoms with Gasteiger partial charge in [-0.2, -0.15) is 0 Å². The van der Waals surface area contributed by atoms with Crippen LogP contribution in [-0.4, -0.2) is 22.6 Å². The molecule has 1 aromatic heterocycles. The van der Waals surface area contributed by atoms with Crippen LogP contribution in [0.15, 0.2) is 24.3 Å². The van der Waals surface area contributed by atoms with E-state index in [0.717, 1.165) is 35.9 Å². The fraction of sp³-hybridized carbons (Fsp3) is 0.375. The van der Waals surface area contributed by atoms with Crippen LogP contribution in [0, 0.1) is 6.92 Å². The van der Waals surface area contributed by atoms with E-state index >= 15 is 0 Å². The smallest absolute Gasteiger partial charge is 0.347 e. The van der Waals surface area contributed by atoms with E-state index in [1.807, 2.05) is 12.1 Å². The summed E-state index contributed by atoms with van der Waals surface area (Å²) in [6.07, 6.45) is 2.11. The van der Waals surface area contributed by atoms with Gasteiger partial charge in [0.1, 0.15) is 4.88 Å². The van der Waals surface area contributed by atoms with Crippen LogP contribution in [0.3, 0.4) is 0 Å². The third-order valence-electron chi connectivity index (χ3n) is 3.66. The second-order valence-electron chi connectivity index (χ2n) is 5.37. The molecule has 0 bridgehead atoms. The number of carboxylic acids is 1. The molecule has 0 aliphatic heterocycles. The van der Waals surface area contributed by atoms with Gasteiger partial charge in [-0.15, -0.1) is 0 Å². The number of rotatable bonds is 5. The maximum Gasteiger partial charge on any atom is 0.347 e. The van der Waals surface area contributed by atoms with Crippen molar-refractivity contribution in [2.24, 2.45) is 0 Å². The first-order valence-electron chi connectivity index (χ1n) is 7.18. The summed E-state index contributed by atoms with van der Waals surface area (Å²) < 4.78 is 0. The predicted octanol–water partition coefficient (Wildman–Crippen LogP) is 4.19. The number of carboxylic acid groups (broad SMARTS) is 1. The number of hydrogen-bond acceptors (Lipinski definition) is 4. The molecule has 0 spiro atoms. The van der Waals surface area contributed by atoms with Gasteiger partial charge in [0.05, 0.1) is 5.69 Å². The van der Waals surface area contributed by atoms with Crippen LogP contribution in [0.25, 0.3) is 0 Å². The van der Waals surface area contributed by atoms with Crippen LogP contribution >= 0.6 is 11.3 Å². The average molecular weight is 302 g/mol. The van der Waals surface area contributed by atoms with E-state index in [2.05, 4.69) is 35.9 Å². The van der Waals surface area contributed by atoms with Crippen molar-refractivity contribution in [3.05, 3.63) is 40.4 Å². The maximum atomic E-state index is 11.4. The van der Waals surface area contributed by atoms with Crippen LogP contribution in [0.4, 0.5) is 10.8 Å². The Morgan fingerprint density at radius 2 is 2.24 bits per heavy atom. The molecule has 1 aliphatic rings. The standard InChI is InChI=1S/C16H18N2O2S/c1-3-18(12-6-4-5-10(2)9-12)16-17-13(11-7-8-11)14(21-16)15(19)20/h4-6,9,11H,3,7-8H2,1-2H3,(H,19,20). The number of carbonyl (C=O) groups is 1. The Bertz CT molecular complexity index is 677. The maximum absolute atomic E-state index is 11.4. The molecule has 1 heterocycles. The lowest BCUT2D eigenvalue weighted by Crippen LogP contribution is -2.15. The van der Waals surface area contributed by atoms with E-state index in [9.17, 15) is 9.90 Å². The van der Waals surface area contributed by atoms with Crippen molar-refractivity contribution in [2.45, 2.75) is 32.6 Å². The fourth-order valence-corrected chi connectivity index (χ4v) is 3.52. The topological polar surface area (TPSA) is 53.4 Å². The molecular weight excluding hydrogens is 284 g/mol. The Balaban J connectivity index is 2.01. The molecule has 4 nitrogen and oxygen atoms in total. The first kappa shape index (κ1) is 14.1. The zero-order valence-corrected chi connectivity index (χ0v) is 13.0. The minimum atomic E-state index is -0.860. The number of nitrogens with zero attached hydrogens (tertiary/aromatic N) is 2. The van der Waals surface area contributed by atoms with Crippen LogP contribution in [0.1, 0.15) is 46.6 Å². The summed E-state index contributed by atoms with van der Waals surface area (Å²) in [5.41, 5.74) is 3.02. The summed E-state index contributed by atoms with van der Waals surface area (Å²) in [5, 5.41) is 10.2. The molecule has 0 radical (unpaired) electrons. The second-order valence-corrected chi connectivity index (χ2v) is 6.35. The average Bonchev–Trinajstić information content (AvgIpc) is 3.20. The minimum Gasteiger partial charge on any atom is -0.477 e. The highest BCUT2D eigenvalue weighted by Crippen LogP contribution is 2.45. The molecule has 1 N–H and O–H groups in total. The van der Waals surface area contributed by atoms with E-state index in [-0.39, 0.29) is 0 Å². The Hall–Kier alpha value is -1.88. The van der Waals surface area contributed by atoms with Crippen molar-refractivity contribution in [2.75, 3.05) is 11.4 Å². The molecule has 1 saturated carbocycles. The first-order chi connectivity index (χ1) is 10.1. The predicted molar refractivity (Wildman–Crippen MR) is 84.9 cm³/mol. The van der Waals surface area contributed by atoms with Gasteiger partial charge in [0.25, 0.3) is 0 Å². The fourth-order valence-electron chi connectivity index (χ4n) is 2.45. The van der Waals surface area contributed by atoms with Crippen molar-refractivity contribution >= 4 is 28.1 Å². The van der Waals surface area contributed by atoms with Crippen LogP contribution in [0.5, 0.6) is 0 Å². The number of aromatic carboxylic acids is 1. The summed E-state index contributed by atoms with van der Waals surface area (Å²) in [7, 11) is 0. The number of anilines is 2. The molecule has 0 saturated heterocycles. The zero-order chi connectivity index (χ0) is 15.0. The molecule has 5 heteroatoms. The molecule has 21 heavy (non-hydrogen) atoms. The van der Waals surface area contributed by atoms with Crippen molar-refractivity contribution in [3.63, 3.8) is 0 Å². The van der Waals surface area contributed by atoms with Crippen molar-refractivity contribution in [3.8, 4) is 0 Å². The molecule has 110 valence electrons. The van der Waals surface area contributed by atoms with Gasteiger partial charge in [0.2, 0.25) is 0 Å². The highest BCUT2D eigenvalue weighted by Gasteiger charge is 2.33. The van der Waals surface area contributed by atoms with E-state index in [1.165, 1.54) is 16.9 Å². The van der Waals surface area contributed by atoms with Crippen molar-refractivity contribution in [1.82, 2.24) is 4.98 Å². The van der Waals surface area contributed by atoms with Gasteiger partial charge < -0.3 is 10.0 Å². The molecule has 3 rings (SSSR count). The number of thiazole rings is 1. The normalized spacial score (nSPS) is 14.2.